The van der Waals surface area contributed by atoms with Gasteiger partial charge in [-0.2, -0.15) is 0 Å². The highest BCUT2D eigenvalue weighted by Crippen LogP contribution is 2.33. The zero-order valence-electron chi connectivity index (χ0n) is 13.5. The van der Waals surface area contributed by atoms with Gasteiger partial charge in [0.2, 0.25) is 6.35 Å². The molecular formula is C19H14FN5O. The van der Waals surface area contributed by atoms with E-state index < -0.39 is 6.35 Å². The van der Waals surface area contributed by atoms with Gasteiger partial charge in [0, 0.05) is 11.8 Å². The van der Waals surface area contributed by atoms with Crippen LogP contribution in [0, 0.1) is 5.82 Å². The summed E-state index contributed by atoms with van der Waals surface area (Å²) < 4.78 is 15.3. The second-order valence-corrected chi connectivity index (χ2v) is 6.04. The topological polar surface area (TPSA) is 75.0 Å². The molecule has 5 rings (SSSR count). The molecule has 2 aromatic carbocycles. The van der Waals surface area contributed by atoms with Gasteiger partial charge >= 0.3 is 0 Å². The molecule has 7 heteroatoms. The van der Waals surface area contributed by atoms with Crippen LogP contribution in [-0.2, 0) is 0 Å². The van der Waals surface area contributed by atoms with Crippen LogP contribution < -0.4 is 10.6 Å². The third-order valence-corrected chi connectivity index (χ3v) is 4.36. The molecule has 26 heavy (non-hydrogen) atoms. The lowest BCUT2D eigenvalue weighted by Gasteiger charge is -2.10. The van der Waals surface area contributed by atoms with E-state index in [0.29, 0.717) is 11.5 Å². The fraction of sp³-hybridized carbons (Fsp3) is 0.0526. The highest BCUT2D eigenvalue weighted by molar-refractivity contribution is 5.82. The molecule has 1 aliphatic rings. The molecule has 0 spiro atoms. The van der Waals surface area contributed by atoms with E-state index in [9.17, 15) is 9.50 Å². The summed E-state index contributed by atoms with van der Waals surface area (Å²) in [6.07, 6.45) is 0.903. The summed E-state index contributed by atoms with van der Waals surface area (Å²) in [6, 6.07) is 15.7. The van der Waals surface area contributed by atoms with E-state index in [1.54, 1.807) is 18.3 Å². The van der Waals surface area contributed by atoms with Crippen molar-refractivity contribution in [2.75, 3.05) is 10.6 Å². The molecule has 0 aliphatic carbocycles. The van der Waals surface area contributed by atoms with Gasteiger partial charge in [-0.05, 0) is 54.6 Å². The van der Waals surface area contributed by atoms with Crippen LogP contribution in [0.2, 0.25) is 0 Å². The number of aromatic nitrogens is 3. The Morgan fingerprint density at radius 3 is 2.65 bits per heavy atom. The summed E-state index contributed by atoms with van der Waals surface area (Å²) in [6.45, 7) is 0. The first-order valence-electron chi connectivity index (χ1n) is 8.14. The van der Waals surface area contributed by atoms with Gasteiger partial charge in [0.15, 0.2) is 5.65 Å². The van der Waals surface area contributed by atoms with Gasteiger partial charge in [-0.25, -0.2) is 14.4 Å². The van der Waals surface area contributed by atoms with E-state index in [2.05, 4.69) is 15.6 Å². The van der Waals surface area contributed by atoms with Gasteiger partial charge in [0.1, 0.15) is 17.2 Å². The summed E-state index contributed by atoms with van der Waals surface area (Å²) in [5, 5.41) is 15.6. The number of aliphatic hydroxyl groups is 1. The van der Waals surface area contributed by atoms with Crippen LogP contribution in [0.5, 0.6) is 0 Å². The molecule has 0 radical (unpaired) electrons. The molecule has 4 aromatic rings. The number of hydrogen-bond acceptors (Lipinski definition) is 5. The molecule has 6 nitrogen and oxygen atoms in total. The summed E-state index contributed by atoms with van der Waals surface area (Å²) >= 11 is 0. The Kier molecular flexibility index (Phi) is 3.16. The second-order valence-electron chi connectivity index (χ2n) is 6.04. The number of halogens is 1. The number of pyridine rings is 1. The van der Waals surface area contributed by atoms with Crippen molar-refractivity contribution in [1.82, 2.24) is 14.5 Å². The second kappa shape index (κ2) is 5.53. The van der Waals surface area contributed by atoms with Gasteiger partial charge in [-0.15, -0.1) is 0 Å². The van der Waals surface area contributed by atoms with Gasteiger partial charge < -0.3 is 15.7 Å². The van der Waals surface area contributed by atoms with Crippen molar-refractivity contribution in [1.29, 1.82) is 0 Å². The van der Waals surface area contributed by atoms with E-state index in [1.165, 1.54) is 12.1 Å². The van der Waals surface area contributed by atoms with Crippen LogP contribution in [0.15, 0.2) is 60.8 Å². The number of fused-ring (bicyclic) bond motifs is 2. The first-order valence-corrected chi connectivity index (χ1v) is 8.14. The molecular weight excluding hydrogens is 333 g/mol. The molecule has 0 saturated carbocycles. The number of nitrogens with one attached hydrogen (secondary N) is 2. The molecule has 0 saturated heterocycles. The Labute approximate surface area is 148 Å². The van der Waals surface area contributed by atoms with Gasteiger partial charge in [-0.3, -0.25) is 4.57 Å². The smallest absolute Gasteiger partial charge is 0.202 e. The normalized spacial score (nSPS) is 15.5. The maximum Gasteiger partial charge on any atom is 0.202 e. The van der Waals surface area contributed by atoms with Crippen LogP contribution in [0.3, 0.4) is 0 Å². The van der Waals surface area contributed by atoms with Crippen molar-refractivity contribution >= 4 is 22.5 Å². The monoisotopic (exact) mass is 347 g/mol. The lowest BCUT2D eigenvalue weighted by atomic mass is 10.2. The Balaban J connectivity index is 1.75. The molecule has 3 heterocycles. The molecule has 128 valence electrons. The summed E-state index contributed by atoms with van der Waals surface area (Å²) in [5.74, 6) is 0.376. The van der Waals surface area contributed by atoms with E-state index >= 15 is 0 Å². The number of anilines is 2. The Morgan fingerprint density at radius 2 is 1.81 bits per heavy atom. The van der Waals surface area contributed by atoms with Crippen molar-refractivity contribution < 1.29 is 9.50 Å². The predicted octanol–water partition coefficient (Wildman–Crippen LogP) is 3.34. The summed E-state index contributed by atoms with van der Waals surface area (Å²) in [5.41, 5.74) is 4.69. The lowest BCUT2D eigenvalue weighted by Crippen LogP contribution is -2.20. The maximum atomic E-state index is 13.3. The van der Waals surface area contributed by atoms with Crippen LogP contribution in [0.4, 0.5) is 15.8 Å². The van der Waals surface area contributed by atoms with E-state index in [0.717, 1.165) is 28.1 Å². The highest BCUT2D eigenvalue weighted by Gasteiger charge is 2.20. The van der Waals surface area contributed by atoms with Crippen molar-refractivity contribution in [2.45, 2.75) is 6.35 Å². The Morgan fingerprint density at radius 1 is 1.00 bits per heavy atom. The first-order chi connectivity index (χ1) is 12.7. The molecule has 3 N–H and O–H groups in total. The number of rotatable bonds is 2. The molecule has 2 aromatic heterocycles. The number of nitrogens with zero attached hydrogens (tertiary/aromatic N) is 3. The van der Waals surface area contributed by atoms with Crippen LogP contribution in [-0.4, -0.2) is 26.0 Å². The van der Waals surface area contributed by atoms with Gasteiger partial charge in [0.05, 0.1) is 17.1 Å². The van der Waals surface area contributed by atoms with E-state index in [-0.39, 0.29) is 5.82 Å². The minimum Gasteiger partial charge on any atom is -0.357 e. The molecule has 0 fully saturated rings. The average molecular weight is 347 g/mol. The standard InChI is InChI=1S/C19H14FN5O/c20-12-5-3-11(4-6-12)17-22-15-2-1-9-21-18(15)25(17)13-7-8-14-16(10-13)24-19(26)23-14/h1-10,19,23-24,26H. The SMILES string of the molecule is OC1Nc2ccc(-n3c(-c4ccc(F)cc4)nc4cccnc43)cc2N1. The molecule has 0 amide bonds. The van der Waals surface area contributed by atoms with Crippen molar-refractivity contribution in [2.24, 2.45) is 0 Å². The number of benzene rings is 2. The van der Waals surface area contributed by atoms with Crippen molar-refractivity contribution in [3.05, 3.63) is 66.6 Å². The molecule has 1 atom stereocenters. The lowest BCUT2D eigenvalue weighted by molar-refractivity contribution is 0.238. The Hall–Kier alpha value is -3.45. The largest absolute Gasteiger partial charge is 0.357 e. The number of aliphatic hydroxyl groups excluding tert-OH is 1. The first kappa shape index (κ1) is 14.9. The van der Waals surface area contributed by atoms with E-state index in [4.69, 9.17) is 4.98 Å². The predicted molar refractivity (Wildman–Crippen MR) is 97.5 cm³/mol. The number of imidazole rings is 1. The van der Waals surface area contributed by atoms with Crippen molar-refractivity contribution in [3.8, 4) is 17.1 Å². The highest BCUT2D eigenvalue weighted by atomic mass is 19.1. The minimum atomic E-state index is -0.811. The fourth-order valence-corrected chi connectivity index (χ4v) is 3.20. The molecule has 0 bridgehead atoms. The molecule has 1 aliphatic heterocycles. The maximum absolute atomic E-state index is 13.3. The van der Waals surface area contributed by atoms with E-state index in [1.807, 2.05) is 34.9 Å². The van der Waals surface area contributed by atoms with Crippen LogP contribution in [0.1, 0.15) is 0 Å². The third kappa shape index (κ3) is 2.29. The van der Waals surface area contributed by atoms with Crippen molar-refractivity contribution in [3.63, 3.8) is 0 Å². The quantitative estimate of drug-likeness (QED) is 0.519. The fourth-order valence-electron chi connectivity index (χ4n) is 3.20. The van der Waals surface area contributed by atoms with Crippen LogP contribution in [0.25, 0.3) is 28.2 Å². The molecule has 1 unspecified atom stereocenters. The van der Waals surface area contributed by atoms with Crippen LogP contribution >= 0.6 is 0 Å². The number of hydrogen-bond donors (Lipinski definition) is 3. The zero-order valence-corrected chi connectivity index (χ0v) is 13.5. The average Bonchev–Trinajstić information content (AvgIpc) is 3.21. The summed E-state index contributed by atoms with van der Waals surface area (Å²) in [4.78, 5) is 9.16. The zero-order chi connectivity index (χ0) is 17.7. The third-order valence-electron chi connectivity index (χ3n) is 4.36. The minimum absolute atomic E-state index is 0.295. The van der Waals surface area contributed by atoms with Gasteiger partial charge in [-0.1, -0.05) is 0 Å². The Bertz CT molecular complexity index is 1120. The summed E-state index contributed by atoms with van der Waals surface area (Å²) in [7, 11) is 0. The van der Waals surface area contributed by atoms with Gasteiger partial charge in [0.25, 0.3) is 0 Å².